The van der Waals surface area contributed by atoms with Gasteiger partial charge in [0.1, 0.15) is 0 Å². The molecule has 1 saturated heterocycles. The van der Waals surface area contributed by atoms with Gasteiger partial charge < -0.3 is 14.8 Å². The van der Waals surface area contributed by atoms with E-state index in [1.54, 1.807) is 7.11 Å². The normalized spacial score (nSPS) is 41.4. The zero-order valence-electron chi connectivity index (χ0n) is 8.00. The average Bonchev–Trinajstić information content (AvgIpc) is 2.79. The van der Waals surface area contributed by atoms with Crippen LogP contribution in [0.2, 0.25) is 0 Å². The van der Waals surface area contributed by atoms with Crippen molar-refractivity contribution in [3.05, 3.63) is 0 Å². The highest BCUT2D eigenvalue weighted by atomic mass is 16.5. The molecule has 2 fully saturated rings. The van der Waals surface area contributed by atoms with Crippen molar-refractivity contribution in [3.8, 4) is 0 Å². The summed E-state index contributed by atoms with van der Waals surface area (Å²) in [6, 6.07) is 0.148. The summed E-state index contributed by atoms with van der Waals surface area (Å²) in [5, 5.41) is 3.29. The zero-order valence-corrected chi connectivity index (χ0v) is 8.00. The van der Waals surface area contributed by atoms with Gasteiger partial charge >= 0.3 is 5.97 Å². The second-order valence-electron chi connectivity index (χ2n) is 3.85. The molecular formula is C9H15NO3. The summed E-state index contributed by atoms with van der Waals surface area (Å²) in [4.78, 5) is 11.5. The number of hydrogen-bond donors (Lipinski definition) is 1. The minimum absolute atomic E-state index is 0.0791. The van der Waals surface area contributed by atoms with E-state index in [1.165, 1.54) is 7.11 Å². The molecule has 2 rings (SSSR count). The molecular weight excluding hydrogens is 170 g/mol. The number of ether oxygens (including phenoxy) is 2. The first-order valence-electron chi connectivity index (χ1n) is 4.56. The van der Waals surface area contributed by atoms with Crippen molar-refractivity contribution in [2.45, 2.75) is 12.5 Å². The second-order valence-corrected chi connectivity index (χ2v) is 3.85. The Kier molecular flexibility index (Phi) is 2.04. The van der Waals surface area contributed by atoms with E-state index in [0.717, 1.165) is 13.0 Å². The van der Waals surface area contributed by atoms with Gasteiger partial charge in [0.05, 0.1) is 19.1 Å². The van der Waals surface area contributed by atoms with E-state index in [0.29, 0.717) is 12.5 Å². The summed E-state index contributed by atoms with van der Waals surface area (Å²) in [6.45, 7) is 1.51. The van der Waals surface area contributed by atoms with Crippen LogP contribution in [-0.4, -0.2) is 39.4 Å². The molecule has 2 aliphatic rings. The molecule has 1 saturated carbocycles. The minimum atomic E-state index is -0.259. The van der Waals surface area contributed by atoms with E-state index in [4.69, 9.17) is 9.47 Å². The van der Waals surface area contributed by atoms with Crippen LogP contribution in [0.15, 0.2) is 0 Å². The molecule has 0 spiro atoms. The van der Waals surface area contributed by atoms with Crippen LogP contribution < -0.4 is 5.32 Å². The van der Waals surface area contributed by atoms with E-state index in [-0.39, 0.29) is 17.4 Å². The maximum absolute atomic E-state index is 11.5. The van der Waals surface area contributed by atoms with Crippen LogP contribution in [-0.2, 0) is 14.3 Å². The summed E-state index contributed by atoms with van der Waals surface area (Å²) in [7, 11) is 3.11. The highest BCUT2D eigenvalue weighted by Crippen LogP contribution is 2.59. The number of hydrogen-bond acceptors (Lipinski definition) is 4. The van der Waals surface area contributed by atoms with Crippen molar-refractivity contribution in [1.82, 2.24) is 5.32 Å². The van der Waals surface area contributed by atoms with Crippen molar-refractivity contribution in [1.29, 1.82) is 0 Å². The number of nitrogens with one attached hydrogen (secondary N) is 1. The molecule has 4 heteroatoms. The number of fused-ring (bicyclic) bond motifs is 1. The SMILES string of the molecule is COC[C@H]1NC[C@@H]2C[C@@]21C(=O)OC. The lowest BCUT2D eigenvalue weighted by Crippen LogP contribution is -2.40. The topological polar surface area (TPSA) is 47.6 Å². The Balaban J connectivity index is 2.09. The van der Waals surface area contributed by atoms with Gasteiger partial charge in [0.25, 0.3) is 0 Å². The number of esters is 1. The van der Waals surface area contributed by atoms with Crippen LogP contribution >= 0.6 is 0 Å². The third kappa shape index (κ3) is 1.09. The molecule has 3 atom stereocenters. The van der Waals surface area contributed by atoms with Gasteiger partial charge in [0.2, 0.25) is 0 Å². The van der Waals surface area contributed by atoms with Crippen molar-refractivity contribution >= 4 is 5.97 Å². The highest BCUT2D eigenvalue weighted by Gasteiger charge is 2.68. The molecule has 0 aromatic rings. The maximum atomic E-state index is 11.5. The molecule has 74 valence electrons. The Morgan fingerprint density at radius 1 is 1.62 bits per heavy atom. The van der Waals surface area contributed by atoms with Gasteiger partial charge in [-0.25, -0.2) is 0 Å². The van der Waals surface area contributed by atoms with Crippen LogP contribution in [0.25, 0.3) is 0 Å². The summed E-state index contributed by atoms with van der Waals surface area (Å²) in [5.74, 6) is 0.393. The molecule has 1 aliphatic heterocycles. The molecule has 1 aliphatic carbocycles. The molecule has 4 nitrogen and oxygen atoms in total. The quantitative estimate of drug-likeness (QED) is 0.618. The number of piperidine rings is 1. The molecule has 0 aromatic carbocycles. The third-order valence-corrected chi connectivity index (χ3v) is 3.28. The smallest absolute Gasteiger partial charge is 0.313 e. The first-order chi connectivity index (χ1) is 6.25. The third-order valence-electron chi connectivity index (χ3n) is 3.28. The minimum Gasteiger partial charge on any atom is -0.469 e. The van der Waals surface area contributed by atoms with E-state index in [9.17, 15) is 4.79 Å². The first-order valence-corrected chi connectivity index (χ1v) is 4.56. The zero-order chi connectivity index (χ0) is 9.47. The molecule has 13 heavy (non-hydrogen) atoms. The molecule has 0 aromatic heterocycles. The lowest BCUT2D eigenvalue weighted by atomic mass is 9.97. The Labute approximate surface area is 77.6 Å². The van der Waals surface area contributed by atoms with Crippen LogP contribution in [0.5, 0.6) is 0 Å². The molecule has 0 amide bonds. The van der Waals surface area contributed by atoms with Crippen molar-refractivity contribution in [3.63, 3.8) is 0 Å². The Hall–Kier alpha value is -0.610. The van der Waals surface area contributed by atoms with Gasteiger partial charge in [-0.15, -0.1) is 0 Å². The van der Waals surface area contributed by atoms with E-state index < -0.39 is 0 Å². The Morgan fingerprint density at radius 2 is 2.38 bits per heavy atom. The Morgan fingerprint density at radius 3 is 2.92 bits per heavy atom. The van der Waals surface area contributed by atoms with Gasteiger partial charge in [-0.05, 0) is 18.9 Å². The summed E-state index contributed by atoms with van der Waals surface area (Å²) in [6.07, 6.45) is 0.959. The summed E-state index contributed by atoms with van der Waals surface area (Å²) in [5.41, 5.74) is -0.259. The monoisotopic (exact) mass is 185 g/mol. The van der Waals surface area contributed by atoms with Crippen LogP contribution in [0.4, 0.5) is 0 Å². The van der Waals surface area contributed by atoms with Crippen molar-refractivity contribution < 1.29 is 14.3 Å². The number of methoxy groups -OCH3 is 2. The second kappa shape index (κ2) is 2.96. The van der Waals surface area contributed by atoms with Gasteiger partial charge in [-0.3, -0.25) is 4.79 Å². The predicted octanol–water partition coefficient (Wildman–Crippen LogP) is -0.216. The Bertz CT molecular complexity index is 231. The standard InChI is InChI=1S/C9H15NO3/c1-12-5-7-9(8(11)13-2)3-6(9)4-10-7/h6-7,10H,3-5H2,1-2H3/t6-,7+,9+/m0/s1. The molecule has 0 bridgehead atoms. The first kappa shape index (κ1) is 8.97. The fourth-order valence-electron chi connectivity index (χ4n) is 2.45. The summed E-state index contributed by atoms with van der Waals surface area (Å²) < 4.78 is 9.89. The van der Waals surface area contributed by atoms with Gasteiger partial charge in [0, 0.05) is 13.2 Å². The number of carbonyl (C=O) groups is 1. The number of rotatable bonds is 3. The maximum Gasteiger partial charge on any atom is 0.313 e. The molecule has 0 unspecified atom stereocenters. The predicted molar refractivity (Wildman–Crippen MR) is 46.2 cm³/mol. The van der Waals surface area contributed by atoms with Gasteiger partial charge in [-0.1, -0.05) is 0 Å². The van der Waals surface area contributed by atoms with Gasteiger partial charge in [-0.2, -0.15) is 0 Å². The van der Waals surface area contributed by atoms with E-state index in [2.05, 4.69) is 5.32 Å². The van der Waals surface area contributed by atoms with Crippen LogP contribution in [0.1, 0.15) is 6.42 Å². The van der Waals surface area contributed by atoms with Crippen molar-refractivity contribution in [2.24, 2.45) is 11.3 Å². The van der Waals surface area contributed by atoms with Crippen molar-refractivity contribution in [2.75, 3.05) is 27.4 Å². The largest absolute Gasteiger partial charge is 0.469 e. The fourth-order valence-corrected chi connectivity index (χ4v) is 2.45. The van der Waals surface area contributed by atoms with E-state index in [1.807, 2.05) is 0 Å². The summed E-state index contributed by atoms with van der Waals surface area (Å²) >= 11 is 0. The average molecular weight is 185 g/mol. The molecule has 1 heterocycles. The fraction of sp³-hybridized carbons (Fsp3) is 0.889. The molecule has 1 N–H and O–H groups in total. The van der Waals surface area contributed by atoms with Gasteiger partial charge in [0.15, 0.2) is 0 Å². The lowest BCUT2D eigenvalue weighted by molar-refractivity contribution is -0.148. The van der Waals surface area contributed by atoms with Crippen LogP contribution in [0.3, 0.4) is 0 Å². The molecule has 0 radical (unpaired) electrons. The highest BCUT2D eigenvalue weighted by molar-refractivity contribution is 5.82. The lowest BCUT2D eigenvalue weighted by Gasteiger charge is -2.20. The van der Waals surface area contributed by atoms with Crippen LogP contribution in [0, 0.1) is 11.3 Å². The number of carbonyl (C=O) groups excluding carboxylic acids is 1. The van der Waals surface area contributed by atoms with E-state index >= 15 is 0 Å².